The molecule has 1 rings (SSSR count). The van der Waals surface area contributed by atoms with Crippen LogP contribution >= 0.6 is 0 Å². The molecule has 1 N–H and O–H groups in total. The minimum absolute atomic E-state index is 0.0154. The van der Waals surface area contributed by atoms with Crippen LogP contribution in [0.1, 0.15) is 18.9 Å². The van der Waals surface area contributed by atoms with Gasteiger partial charge in [-0.2, -0.15) is 0 Å². The normalized spacial score (nSPS) is 11.7. The van der Waals surface area contributed by atoms with Gasteiger partial charge in [-0.15, -0.1) is 0 Å². The topological polar surface area (TPSA) is 64.6 Å². The van der Waals surface area contributed by atoms with Gasteiger partial charge in [0.25, 0.3) is 0 Å². The van der Waals surface area contributed by atoms with Gasteiger partial charge in [-0.25, -0.2) is 4.79 Å². The molecule has 0 aromatic heterocycles. The summed E-state index contributed by atoms with van der Waals surface area (Å²) in [5.41, 5.74) is 0.905. The Bertz CT molecular complexity index is 419. The van der Waals surface area contributed by atoms with Crippen molar-refractivity contribution in [2.24, 2.45) is 5.92 Å². The molecule has 5 nitrogen and oxygen atoms in total. The molecule has 0 heterocycles. The van der Waals surface area contributed by atoms with E-state index in [1.807, 2.05) is 37.3 Å². The Morgan fingerprint density at radius 1 is 1.25 bits per heavy atom. The molecule has 0 fully saturated rings. The molecule has 110 valence electrons. The summed E-state index contributed by atoms with van der Waals surface area (Å²) in [6, 6.07) is 9.37. The molecule has 0 aliphatic carbocycles. The maximum Gasteiger partial charge on any atom is 0.407 e. The van der Waals surface area contributed by atoms with Crippen LogP contribution in [0.5, 0.6) is 0 Å². The molecule has 1 atom stereocenters. The Hall–Kier alpha value is -1.88. The fourth-order valence-corrected chi connectivity index (χ4v) is 1.56. The van der Waals surface area contributed by atoms with E-state index < -0.39 is 6.09 Å². The quantitative estimate of drug-likeness (QED) is 0.792. The van der Waals surface area contributed by atoms with Crippen molar-refractivity contribution in [3.05, 3.63) is 35.9 Å². The molecular weight excluding hydrogens is 258 g/mol. The van der Waals surface area contributed by atoms with Crippen LogP contribution in [0.2, 0.25) is 0 Å². The molecule has 0 radical (unpaired) electrons. The Kier molecular flexibility index (Phi) is 7.35. The van der Waals surface area contributed by atoms with E-state index in [2.05, 4.69) is 5.32 Å². The monoisotopic (exact) mass is 279 g/mol. The summed E-state index contributed by atoms with van der Waals surface area (Å²) in [5.74, 6) is -0.164. The summed E-state index contributed by atoms with van der Waals surface area (Å²) in [4.78, 5) is 23.1. The van der Waals surface area contributed by atoms with Gasteiger partial charge < -0.3 is 14.8 Å². The van der Waals surface area contributed by atoms with Crippen LogP contribution in [-0.4, -0.2) is 32.1 Å². The number of carbonyl (C=O) groups is 2. The third kappa shape index (κ3) is 6.33. The Morgan fingerprint density at radius 3 is 2.60 bits per heavy atom. The highest BCUT2D eigenvalue weighted by molar-refractivity contribution is 5.85. The number of benzene rings is 1. The van der Waals surface area contributed by atoms with Crippen LogP contribution in [0, 0.1) is 5.92 Å². The van der Waals surface area contributed by atoms with Crippen LogP contribution in [0.25, 0.3) is 0 Å². The van der Waals surface area contributed by atoms with Gasteiger partial charge in [0.1, 0.15) is 6.61 Å². The van der Waals surface area contributed by atoms with Gasteiger partial charge in [0, 0.05) is 19.6 Å². The van der Waals surface area contributed by atoms with Gasteiger partial charge in [0.2, 0.25) is 0 Å². The first-order valence-corrected chi connectivity index (χ1v) is 6.59. The van der Waals surface area contributed by atoms with Gasteiger partial charge in [0.05, 0.1) is 6.54 Å². The molecule has 1 aromatic rings. The van der Waals surface area contributed by atoms with Gasteiger partial charge >= 0.3 is 6.09 Å². The van der Waals surface area contributed by atoms with E-state index in [-0.39, 0.29) is 24.9 Å². The van der Waals surface area contributed by atoms with Crippen molar-refractivity contribution in [2.45, 2.75) is 20.0 Å². The molecule has 0 aliphatic rings. The zero-order valence-electron chi connectivity index (χ0n) is 11.9. The molecule has 0 saturated heterocycles. The highest BCUT2D eigenvalue weighted by Crippen LogP contribution is 2.03. The summed E-state index contributed by atoms with van der Waals surface area (Å²) >= 11 is 0. The van der Waals surface area contributed by atoms with Gasteiger partial charge in [0.15, 0.2) is 5.78 Å². The van der Waals surface area contributed by atoms with E-state index in [9.17, 15) is 9.59 Å². The summed E-state index contributed by atoms with van der Waals surface area (Å²) in [5, 5.41) is 2.46. The molecule has 0 spiro atoms. The number of Topliss-reactive ketones (excluding diaryl/α,β-unsaturated/α-hetero) is 1. The van der Waals surface area contributed by atoms with E-state index >= 15 is 0 Å². The Morgan fingerprint density at radius 2 is 1.95 bits per heavy atom. The minimum atomic E-state index is -0.582. The first kappa shape index (κ1) is 16.2. The average Bonchev–Trinajstić information content (AvgIpc) is 2.49. The van der Waals surface area contributed by atoms with Crippen molar-refractivity contribution in [3.8, 4) is 0 Å². The van der Waals surface area contributed by atoms with Gasteiger partial charge in [-0.1, -0.05) is 37.3 Å². The largest absolute Gasteiger partial charge is 0.445 e. The lowest BCUT2D eigenvalue weighted by atomic mass is 10.0. The second kappa shape index (κ2) is 9.09. The lowest BCUT2D eigenvalue weighted by Gasteiger charge is -2.11. The molecule has 1 aromatic carbocycles. The third-order valence-corrected chi connectivity index (χ3v) is 2.92. The summed E-state index contributed by atoms with van der Waals surface area (Å²) in [6.45, 7) is 2.53. The second-order valence-electron chi connectivity index (χ2n) is 4.56. The van der Waals surface area contributed by atoms with Crippen molar-refractivity contribution >= 4 is 11.9 Å². The Labute approximate surface area is 119 Å². The maximum absolute atomic E-state index is 11.7. The van der Waals surface area contributed by atoms with Crippen molar-refractivity contribution in [3.63, 3.8) is 0 Å². The van der Waals surface area contributed by atoms with Crippen molar-refractivity contribution < 1.29 is 19.1 Å². The number of rotatable bonds is 8. The number of carbonyl (C=O) groups excluding carboxylic acids is 2. The predicted molar refractivity (Wildman–Crippen MR) is 75.3 cm³/mol. The van der Waals surface area contributed by atoms with E-state index in [1.165, 1.54) is 0 Å². The summed E-state index contributed by atoms with van der Waals surface area (Å²) in [7, 11) is 1.59. The van der Waals surface area contributed by atoms with Crippen LogP contribution in [0.3, 0.4) is 0 Å². The molecule has 1 unspecified atom stereocenters. The first-order valence-electron chi connectivity index (χ1n) is 6.59. The SMILES string of the molecule is COCCC(C)C(=O)CNC(=O)OCc1ccccc1. The highest BCUT2D eigenvalue weighted by Gasteiger charge is 2.14. The standard InChI is InChI=1S/C15H21NO4/c1-12(8-9-19-2)14(17)10-16-15(18)20-11-13-6-4-3-5-7-13/h3-7,12H,8-11H2,1-2H3,(H,16,18). The number of ketones is 1. The number of hydrogen-bond donors (Lipinski definition) is 1. The van der Waals surface area contributed by atoms with Crippen LogP contribution < -0.4 is 5.32 Å². The van der Waals surface area contributed by atoms with E-state index in [1.54, 1.807) is 7.11 Å². The average molecular weight is 279 g/mol. The van der Waals surface area contributed by atoms with Crippen molar-refractivity contribution in [2.75, 3.05) is 20.3 Å². The number of amides is 1. The number of methoxy groups -OCH3 is 1. The maximum atomic E-state index is 11.7. The predicted octanol–water partition coefficient (Wildman–Crippen LogP) is 2.15. The third-order valence-electron chi connectivity index (χ3n) is 2.92. The van der Waals surface area contributed by atoms with Crippen LogP contribution in [0.4, 0.5) is 4.79 Å². The van der Waals surface area contributed by atoms with Crippen LogP contribution in [-0.2, 0) is 20.9 Å². The van der Waals surface area contributed by atoms with Gasteiger partial charge in [-0.05, 0) is 12.0 Å². The fraction of sp³-hybridized carbons (Fsp3) is 0.467. The molecule has 0 bridgehead atoms. The zero-order chi connectivity index (χ0) is 14.8. The van der Waals surface area contributed by atoms with E-state index in [0.29, 0.717) is 13.0 Å². The number of nitrogens with one attached hydrogen (secondary N) is 1. The highest BCUT2D eigenvalue weighted by atomic mass is 16.5. The molecule has 5 heteroatoms. The lowest BCUT2D eigenvalue weighted by Crippen LogP contribution is -2.32. The first-order chi connectivity index (χ1) is 9.63. The Balaban J connectivity index is 2.21. The summed E-state index contributed by atoms with van der Waals surface area (Å²) in [6.07, 6.45) is 0.0666. The number of ether oxygens (including phenoxy) is 2. The van der Waals surface area contributed by atoms with E-state index in [0.717, 1.165) is 5.56 Å². The molecule has 0 aliphatic heterocycles. The molecule has 20 heavy (non-hydrogen) atoms. The number of hydrogen-bond acceptors (Lipinski definition) is 4. The van der Waals surface area contributed by atoms with E-state index in [4.69, 9.17) is 9.47 Å². The van der Waals surface area contributed by atoms with Crippen molar-refractivity contribution in [1.82, 2.24) is 5.32 Å². The van der Waals surface area contributed by atoms with Gasteiger partial charge in [-0.3, -0.25) is 4.79 Å². The minimum Gasteiger partial charge on any atom is -0.445 e. The molecular formula is C15H21NO4. The fourth-order valence-electron chi connectivity index (χ4n) is 1.56. The summed E-state index contributed by atoms with van der Waals surface area (Å²) < 4.78 is 9.92. The molecule has 1 amide bonds. The second-order valence-corrected chi connectivity index (χ2v) is 4.56. The lowest BCUT2D eigenvalue weighted by molar-refractivity contribution is -0.122. The molecule has 0 saturated carbocycles. The smallest absolute Gasteiger partial charge is 0.407 e. The zero-order valence-corrected chi connectivity index (χ0v) is 11.9. The van der Waals surface area contributed by atoms with Crippen LogP contribution in [0.15, 0.2) is 30.3 Å². The number of alkyl carbamates (subject to hydrolysis) is 1. The van der Waals surface area contributed by atoms with Crippen molar-refractivity contribution in [1.29, 1.82) is 0 Å².